The molecule has 2 atom stereocenters. The molecule has 1 heterocycles. The van der Waals surface area contributed by atoms with Crippen LogP contribution in [0.15, 0.2) is 0 Å². The molecular formula is C12H24ClN3O3. The summed E-state index contributed by atoms with van der Waals surface area (Å²) in [5, 5.41) is 2.77. The fraction of sp³-hybridized carbons (Fsp3) is 0.833. The van der Waals surface area contributed by atoms with Crippen molar-refractivity contribution in [1.82, 2.24) is 10.2 Å². The number of ether oxygens (including phenoxy) is 1. The highest BCUT2D eigenvalue weighted by molar-refractivity contribution is 5.85. The highest BCUT2D eigenvalue weighted by Crippen LogP contribution is 2.17. The van der Waals surface area contributed by atoms with Gasteiger partial charge in [-0.15, -0.1) is 12.4 Å². The molecule has 7 heteroatoms. The number of hydrogen-bond acceptors (Lipinski definition) is 4. The van der Waals surface area contributed by atoms with Gasteiger partial charge in [0.2, 0.25) is 5.91 Å². The molecule has 2 unspecified atom stereocenters. The van der Waals surface area contributed by atoms with Crippen LogP contribution in [0.4, 0.5) is 0 Å². The monoisotopic (exact) mass is 293 g/mol. The Hall–Kier alpha value is -0.850. The highest BCUT2D eigenvalue weighted by atomic mass is 35.5. The van der Waals surface area contributed by atoms with Gasteiger partial charge >= 0.3 is 0 Å². The number of piperidine rings is 1. The van der Waals surface area contributed by atoms with E-state index in [1.807, 2.05) is 0 Å². The van der Waals surface area contributed by atoms with Gasteiger partial charge in [0.15, 0.2) is 0 Å². The van der Waals surface area contributed by atoms with Gasteiger partial charge in [0.1, 0.15) is 6.10 Å². The Morgan fingerprint density at radius 2 is 2.21 bits per heavy atom. The van der Waals surface area contributed by atoms with E-state index in [2.05, 4.69) is 5.32 Å². The first-order valence-electron chi connectivity index (χ1n) is 6.39. The molecule has 1 aliphatic rings. The molecule has 0 aromatic rings. The minimum atomic E-state index is -0.448. The van der Waals surface area contributed by atoms with Gasteiger partial charge < -0.3 is 20.7 Å². The van der Waals surface area contributed by atoms with Crippen molar-refractivity contribution < 1.29 is 14.3 Å². The molecule has 0 aromatic heterocycles. The summed E-state index contributed by atoms with van der Waals surface area (Å²) in [5.74, 6) is -0.185. The standard InChI is InChI=1S/C12H23N3O3.ClH/c1-9(18-2)12(17)15-7-3-4-10(8-15)11(16)14-6-5-13;/h9-10H,3-8,13H2,1-2H3,(H,14,16);1H. The molecule has 3 N–H and O–H groups in total. The quantitative estimate of drug-likeness (QED) is 0.732. The van der Waals surface area contributed by atoms with E-state index < -0.39 is 6.10 Å². The maximum atomic E-state index is 12.0. The molecule has 2 amide bonds. The summed E-state index contributed by atoms with van der Waals surface area (Å²) in [4.78, 5) is 25.5. The maximum absolute atomic E-state index is 12.0. The van der Waals surface area contributed by atoms with Gasteiger partial charge in [-0.05, 0) is 19.8 Å². The molecular weight excluding hydrogens is 270 g/mol. The Labute approximate surface area is 120 Å². The van der Waals surface area contributed by atoms with Crippen LogP contribution >= 0.6 is 12.4 Å². The van der Waals surface area contributed by atoms with Crippen LogP contribution in [0.5, 0.6) is 0 Å². The van der Waals surface area contributed by atoms with Crippen LogP contribution in [0.2, 0.25) is 0 Å². The number of likely N-dealkylation sites (tertiary alicyclic amines) is 1. The van der Waals surface area contributed by atoms with Crippen LogP contribution < -0.4 is 11.1 Å². The minimum Gasteiger partial charge on any atom is -0.372 e. The average Bonchev–Trinajstić information content (AvgIpc) is 2.43. The summed E-state index contributed by atoms with van der Waals surface area (Å²) >= 11 is 0. The lowest BCUT2D eigenvalue weighted by atomic mass is 9.96. The maximum Gasteiger partial charge on any atom is 0.251 e. The van der Waals surface area contributed by atoms with Gasteiger partial charge in [-0.2, -0.15) is 0 Å². The summed E-state index contributed by atoms with van der Waals surface area (Å²) in [6, 6.07) is 0. The van der Waals surface area contributed by atoms with E-state index in [4.69, 9.17) is 10.5 Å². The van der Waals surface area contributed by atoms with E-state index in [1.165, 1.54) is 7.11 Å². The lowest BCUT2D eigenvalue weighted by Gasteiger charge is -2.33. The zero-order valence-electron chi connectivity index (χ0n) is 11.6. The van der Waals surface area contributed by atoms with Crippen molar-refractivity contribution in [1.29, 1.82) is 0 Å². The molecule has 1 saturated heterocycles. The molecule has 0 aromatic carbocycles. The number of nitrogens with two attached hydrogens (primary N) is 1. The molecule has 0 bridgehead atoms. The Kier molecular flexibility index (Phi) is 8.71. The summed E-state index contributed by atoms with van der Waals surface area (Å²) in [5.41, 5.74) is 5.34. The van der Waals surface area contributed by atoms with Crippen molar-refractivity contribution >= 4 is 24.2 Å². The SMILES string of the molecule is COC(C)C(=O)N1CCCC(C(=O)NCCN)C1.Cl. The molecule has 0 radical (unpaired) electrons. The highest BCUT2D eigenvalue weighted by Gasteiger charge is 2.30. The predicted molar refractivity (Wildman–Crippen MR) is 75.1 cm³/mol. The first-order valence-corrected chi connectivity index (χ1v) is 6.39. The summed E-state index contributed by atoms with van der Waals surface area (Å²) in [6.07, 6.45) is 1.22. The number of nitrogens with one attached hydrogen (secondary N) is 1. The van der Waals surface area contributed by atoms with Crippen LogP contribution in [0.25, 0.3) is 0 Å². The van der Waals surface area contributed by atoms with Crippen LogP contribution in [-0.4, -0.2) is 56.1 Å². The largest absolute Gasteiger partial charge is 0.372 e. The van der Waals surface area contributed by atoms with E-state index in [0.717, 1.165) is 12.8 Å². The number of methoxy groups -OCH3 is 1. The van der Waals surface area contributed by atoms with Crippen molar-refractivity contribution in [3.05, 3.63) is 0 Å². The minimum absolute atomic E-state index is 0. The molecule has 1 rings (SSSR count). The van der Waals surface area contributed by atoms with E-state index >= 15 is 0 Å². The summed E-state index contributed by atoms with van der Waals surface area (Å²) < 4.78 is 5.02. The number of rotatable bonds is 5. The molecule has 112 valence electrons. The van der Waals surface area contributed by atoms with Gasteiger partial charge in [-0.25, -0.2) is 0 Å². The average molecular weight is 294 g/mol. The smallest absolute Gasteiger partial charge is 0.251 e. The third-order valence-electron chi connectivity index (χ3n) is 3.25. The van der Waals surface area contributed by atoms with E-state index in [1.54, 1.807) is 11.8 Å². The molecule has 1 fully saturated rings. The number of nitrogens with zero attached hydrogens (tertiary/aromatic N) is 1. The van der Waals surface area contributed by atoms with E-state index in [9.17, 15) is 9.59 Å². The second-order valence-corrected chi connectivity index (χ2v) is 4.58. The summed E-state index contributed by atoms with van der Waals surface area (Å²) in [7, 11) is 1.51. The third-order valence-corrected chi connectivity index (χ3v) is 3.25. The first-order chi connectivity index (χ1) is 8.60. The fourth-order valence-corrected chi connectivity index (χ4v) is 2.09. The topological polar surface area (TPSA) is 84.7 Å². The lowest BCUT2D eigenvalue weighted by Crippen LogP contribution is -2.48. The third kappa shape index (κ3) is 5.34. The number of hydrogen-bond donors (Lipinski definition) is 2. The Bertz CT molecular complexity index is 302. The summed E-state index contributed by atoms with van der Waals surface area (Å²) in [6.45, 7) is 3.82. The number of halogens is 1. The Morgan fingerprint density at radius 3 is 2.79 bits per heavy atom. The molecule has 0 aliphatic carbocycles. The van der Waals surface area contributed by atoms with Crippen molar-refractivity contribution in [2.24, 2.45) is 11.7 Å². The van der Waals surface area contributed by atoms with Crippen LogP contribution in [0.1, 0.15) is 19.8 Å². The molecule has 0 saturated carbocycles. The Balaban J connectivity index is 0.00000324. The number of carbonyl (C=O) groups is 2. The zero-order valence-corrected chi connectivity index (χ0v) is 12.4. The van der Waals surface area contributed by atoms with E-state index in [0.29, 0.717) is 26.2 Å². The van der Waals surface area contributed by atoms with E-state index in [-0.39, 0.29) is 30.1 Å². The van der Waals surface area contributed by atoms with Crippen LogP contribution in [0.3, 0.4) is 0 Å². The van der Waals surface area contributed by atoms with Gasteiger partial charge in [-0.1, -0.05) is 0 Å². The Morgan fingerprint density at radius 1 is 1.53 bits per heavy atom. The first kappa shape index (κ1) is 18.1. The predicted octanol–water partition coefficient (Wildman–Crippen LogP) is -0.243. The molecule has 0 spiro atoms. The van der Waals surface area contributed by atoms with Crippen molar-refractivity contribution in [2.45, 2.75) is 25.9 Å². The van der Waals surface area contributed by atoms with Gasteiger partial charge in [0.25, 0.3) is 5.91 Å². The normalized spacial score (nSPS) is 20.4. The number of amides is 2. The second kappa shape index (κ2) is 9.12. The van der Waals surface area contributed by atoms with Crippen molar-refractivity contribution in [3.63, 3.8) is 0 Å². The van der Waals surface area contributed by atoms with Gasteiger partial charge in [0, 0.05) is 33.3 Å². The molecule has 1 aliphatic heterocycles. The van der Waals surface area contributed by atoms with Gasteiger partial charge in [-0.3, -0.25) is 9.59 Å². The van der Waals surface area contributed by atoms with Crippen LogP contribution in [-0.2, 0) is 14.3 Å². The zero-order chi connectivity index (χ0) is 13.5. The van der Waals surface area contributed by atoms with Gasteiger partial charge in [0.05, 0.1) is 5.92 Å². The van der Waals surface area contributed by atoms with Crippen LogP contribution in [0, 0.1) is 5.92 Å². The number of carbonyl (C=O) groups excluding carboxylic acids is 2. The second-order valence-electron chi connectivity index (χ2n) is 4.58. The lowest BCUT2D eigenvalue weighted by molar-refractivity contribution is -0.144. The molecule has 19 heavy (non-hydrogen) atoms. The molecule has 6 nitrogen and oxygen atoms in total. The van der Waals surface area contributed by atoms with Crippen molar-refractivity contribution in [2.75, 3.05) is 33.3 Å². The van der Waals surface area contributed by atoms with Crippen molar-refractivity contribution in [3.8, 4) is 0 Å². The fourth-order valence-electron chi connectivity index (χ4n) is 2.09.